The van der Waals surface area contributed by atoms with Crippen LogP contribution in [0.3, 0.4) is 0 Å². The Hall–Kier alpha value is -1.78. The van der Waals surface area contributed by atoms with Gasteiger partial charge in [-0.2, -0.15) is 0 Å². The largest absolute Gasteiger partial charge is 0.325 e. The molecule has 21 heavy (non-hydrogen) atoms. The van der Waals surface area contributed by atoms with E-state index in [0.717, 1.165) is 10.6 Å². The molecular weight excluding hydrogens is 298 g/mol. The minimum atomic E-state index is 0.0233. The second-order valence-electron chi connectivity index (χ2n) is 4.82. The molecule has 1 N–H and O–H groups in total. The number of thioether (sulfide) groups is 1. The van der Waals surface area contributed by atoms with E-state index in [0.29, 0.717) is 5.75 Å². The molecule has 1 amide bonds. The van der Waals surface area contributed by atoms with Crippen LogP contribution in [0.15, 0.2) is 58.8 Å². The minimum absolute atomic E-state index is 0.0233. The van der Waals surface area contributed by atoms with Crippen molar-refractivity contribution in [3.05, 3.63) is 59.5 Å². The summed E-state index contributed by atoms with van der Waals surface area (Å²) in [5.74, 6) is 0.445. The van der Waals surface area contributed by atoms with Gasteiger partial charge in [-0.05, 0) is 54.1 Å². The van der Waals surface area contributed by atoms with Gasteiger partial charge in [-0.25, -0.2) is 0 Å². The van der Waals surface area contributed by atoms with E-state index in [1.165, 1.54) is 15.6 Å². The highest BCUT2D eigenvalue weighted by Gasteiger charge is 2.05. The fourth-order valence-electron chi connectivity index (χ4n) is 2.02. The molecule has 0 saturated carbocycles. The molecule has 0 fully saturated rings. The number of carbonyl (C=O) groups excluding carboxylic acids is 1. The standard InChI is InChI=1S/C17H15NOS2/c1-12-2-5-15(6-3-12)21-11-17(19)18-14-4-7-16-13(10-14)8-9-20-16/h2-10H,11H2,1H3,(H,18,19). The summed E-state index contributed by atoms with van der Waals surface area (Å²) >= 11 is 3.26. The van der Waals surface area contributed by atoms with Crippen LogP contribution in [0.25, 0.3) is 10.1 Å². The maximum Gasteiger partial charge on any atom is 0.234 e. The highest BCUT2D eigenvalue weighted by atomic mass is 32.2. The van der Waals surface area contributed by atoms with Gasteiger partial charge in [-0.15, -0.1) is 23.1 Å². The molecule has 1 aromatic heterocycles. The summed E-state index contributed by atoms with van der Waals surface area (Å²) in [6.07, 6.45) is 0. The van der Waals surface area contributed by atoms with E-state index in [9.17, 15) is 4.79 Å². The first kappa shape index (κ1) is 14.2. The van der Waals surface area contributed by atoms with Crippen molar-refractivity contribution >= 4 is 44.8 Å². The lowest BCUT2D eigenvalue weighted by Crippen LogP contribution is -2.13. The molecule has 0 bridgehead atoms. The van der Waals surface area contributed by atoms with Crippen LogP contribution in [0.5, 0.6) is 0 Å². The molecule has 2 nitrogen and oxygen atoms in total. The molecule has 3 rings (SSSR count). The Balaban J connectivity index is 1.59. The van der Waals surface area contributed by atoms with Gasteiger partial charge in [0.25, 0.3) is 0 Å². The average Bonchev–Trinajstić information content (AvgIpc) is 2.94. The fourth-order valence-corrected chi connectivity index (χ4v) is 3.49. The first-order chi connectivity index (χ1) is 10.2. The number of rotatable bonds is 4. The molecule has 4 heteroatoms. The maximum absolute atomic E-state index is 12.0. The third-order valence-corrected chi connectivity index (χ3v) is 5.04. The third kappa shape index (κ3) is 3.65. The van der Waals surface area contributed by atoms with E-state index in [1.54, 1.807) is 23.1 Å². The number of carbonyl (C=O) groups is 1. The molecule has 0 aliphatic rings. The highest BCUT2D eigenvalue weighted by Crippen LogP contribution is 2.24. The van der Waals surface area contributed by atoms with Crippen LogP contribution in [0.2, 0.25) is 0 Å². The van der Waals surface area contributed by atoms with Gasteiger partial charge in [0.15, 0.2) is 0 Å². The van der Waals surface area contributed by atoms with Crippen LogP contribution >= 0.6 is 23.1 Å². The zero-order chi connectivity index (χ0) is 14.7. The van der Waals surface area contributed by atoms with Crippen molar-refractivity contribution in [3.63, 3.8) is 0 Å². The number of aryl methyl sites for hydroxylation is 1. The van der Waals surface area contributed by atoms with Crippen LogP contribution in [-0.4, -0.2) is 11.7 Å². The number of fused-ring (bicyclic) bond motifs is 1. The van der Waals surface area contributed by atoms with E-state index >= 15 is 0 Å². The van der Waals surface area contributed by atoms with Crippen molar-refractivity contribution < 1.29 is 4.79 Å². The summed E-state index contributed by atoms with van der Waals surface area (Å²) in [5.41, 5.74) is 2.09. The van der Waals surface area contributed by atoms with E-state index in [4.69, 9.17) is 0 Å². The Labute approximate surface area is 132 Å². The zero-order valence-electron chi connectivity index (χ0n) is 11.6. The Morgan fingerprint density at radius 2 is 1.95 bits per heavy atom. The number of hydrogen-bond donors (Lipinski definition) is 1. The predicted molar refractivity (Wildman–Crippen MR) is 92.4 cm³/mol. The maximum atomic E-state index is 12.0. The predicted octanol–water partition coefficient (Wildman–Crippen LogP) is 4.94. The van der Waals surface area contributed by atoms with Gasteiger partial charge in [-0.1, -0.05) is 17.7 Å². The molecule has 0 spiro atoms. The van der Waals surface area contributed by atoms with Crippen molar-refractivity contribution in [2.75, 3.05) is 11.1 Å². The molecule has 0 atom stereocenters. The summed E-state index contributed by atoms with van der Waals surface area (Å²) in [7, 11) is 0. The smallest absolute Gasteiger partial charge is 0.234 e. The lowest BCUT2D eigenvalue weighted by atomic mass is 10.2. The molecule has 1 heterocycles. The van der Waals surface area contributed by atoms with Crippen LogP contribution < -0.4 is 5.32 Å². The van der Waals surface area contributed by atoms with Gasteiger partial charge in [0.1, 0.15) is 0 Å². The Morgan fingerprint density at radius 3 is 2.76 bits per heavy atom. The molecule has 0 aliphatic heterocycles. The summed E-state index contributed by atoms with van der Waals surface area (Å²) in [4.78, 5) is 13.1. The van der Waals surface area contributed by atoms with Gasteiger partial charge < -0.3 is 5.32 Å². The number of thiophene rings is 1. The quantitative estimate of drug-likeness (QED) is 0.691. The first-order valence-corrected chi connectivity index (χ1v) is 8.54. The molecule has 0 radical (unpaired) electrons. The highest BCUT2D eigenvalue weighted by molar-refractivity contribution is 8.00. The Morgan fingerprint density at radius 1 is 1.14 bits per heavy atom. The number of anilines is 1. The average molecular weight is 313 g/mol. The molecule has 3 aromatic rings. The third-order valence-electron chi connectivity index (χ3n) is 3.13. The lowest BCUT2D eigenvalue weighted by molar-refractivity contribution is -0.113. The van der Waals surface area contributed by atoms with E-state index in [2.05, 4.69) is 35.8 Å². The van der Waals surface area contributed by atoms with Crippen molar-refractivity contribution in [3.8, 4) is 0 Å². The van der Waals surface area contributed by atoms with Crippen molar-refractivity contribution in [2.24, 2.45) is 0 Å². The molecule has 106 valence electrons. The Bertz CT molecular complexity index is 762. The van der Waals surface area contributed by atoms with Crippen LogP contribution in [0, 0.1) is 6.92 Å². The number of hydrogen-bond acceptors (Lipinski definition) is 3. The van der Waals surface area contributed by atoms with E-state index < -0.39 is 0 Å². The second kappa shape index (κ2) is 6.33. The summed E-state index contributed by atoms with van der Waals surface area (Å²) in [6.45, 7) is 2.06. The Kier molecular flexibility index (Phi) is 4.27. The SMILES string of the molecule is Cc1ccc(SCC(=O)Nc2ccc3sccc3c2)cc1. The minimum Gasteiger partial charge on any atom is -0.325 e. The first-order valence-electron chi connectivity index (χ1n) is 6.67. The molecule has 0 saturated heterocycles. The summed E-state index contributed by atoms with van der Waals surface area (Å²) < 4.78 is 1.24. The van der Waals surface area contributed by atoms with Crippen LogP contribution in [0.1, 0.15) is 5.56 Å². The molecule has 0 unspecified atom stereocenters. The summed E-state index contributed by atoms with van der Waals surface area (Å²) in [6, 6.07) is 16.3. The van der Waals surface area contributed by atoms with E-state index in [1.807, 2.05) is 30.3 Å². The summed E-state index contributed by atoms with van der Waals surface area (Å²) in [5, 5.41) is 6.18. The van der Waals surface area contributed by atoms with Crippen molar-refractivity contribution in [2.45, 2.75) is 11.8 Å². The monoisotopic (exact) mass is 313 g/mol. The second-order valence-corrected chi connectivity index (χ2v) is 6.82. The number of amides is 1. The van der Waals surface area contributed by atoms with Gasteiger partial charge in [0.05, 0.1) is 5.75 Å². The van der Waals surface area contributed by atoms with Gasteiger partial charge >= 0.3 is 0 Å². The molecule has 2 aromatic carbocycles. The van der Waals surface area contributed by atoms with Crippen LogP contribution in [-0.2, 0) is 4.79 Å². The van der Waals surface area contributed by atoms with Crippen molar-refractivity contribution in [1.82, 2.24) is 0 Å². The van der Waals surface area contributed by atoms with E-state index in [-0.39, 0.29) is 5.91 Å². The number of nitrogens with one attached hydrogen (secondary N) is 1. The fraction of sp³-hybridized carbons (Fsp3) is 0.118. The normalized spacial score (nSPS) is 10.7. The lowest BCUT2D eigenvalue weighted by Gasteiger charge is -2.05. The zero-order valence-corrected chi connectivity index (χ0v) is 13.3. The topological polar surface area (TPSA) is 29.1 Å². The van der Waals surface area contributed by atoms with Gasteiger partial charge in [0, 0.05) is 15.3 Å². The molecular formula is C17H15NOS2. The molecule has 0 aliphatic carbocycles. The van der Waals surface area contributed by atoms with Crippen molar-refractivity contribution in [1.29, 1.82) is 0 Å². The number of benzene rings is 2. The van der Waals surface area contributed by atoms with Gasteiger partial charge in [0.2, 0.25) is 5.91 Å². The van der Waals surface area contributed by atoms with Crippen LogP contribution in [0.4, 0.5) is 5.69 Å². The van der Waals surface area contributed by atoms with Gasteiger partial charge in [-0.3, -0.25) is 4.79 Å².